The number of aromatic nitrogens is 1. The van der Waals surface area contributed by atoms with E-state index in [1.807, 2.05) is 24.3 Å². The summed E-state index contributed by atoms with van der Waals surface area (Å²) in [7, 11) is 0. The lowest BCUT2D eigenvalue weighted by Crippen LogP contribution is -1.84. The van der Waals surface area contributed by atoms with E-state index in [2.05, 4.69) is 43.5 Å². The first-order valence-corrected chi connectivity index (χ1v) is 5.84. The van der Waals surface area contributed by atoms with E-state index in [0.29, 0.717) is 5.15 Å². The highest BCUT2D eigenvalue weighted by Crippen LogP contribution is 2.26. The fraction of sp³-hybridized carbons (Fsp3) is 0. The van der Waals surface area contributed by atoms with Crippen molar-refractivity contribution in [3.05, 3.63) is 37.5 Å². The Balaban J connectivity index is 2.89. The van der Waals surface area contributed by atoms with Crippen LogP contribution in [-0.4, -0.2) is 4.98 Å². The Hall–Kier alpha value is 0.130. The summed E-state index contributed by atoms with van der Waals surface area (Å²) in [5, 5.41) is 1.66. The smallest absolute Gasteiger partial charge is 0.143 e. The fourth-order valence-electron chi connectivity index (χ4n) is 1.11. The Bertz CT molecular complexity index is 472. The number of fused-ring (bicyclic) bond motifs is 1. The molecular weight excluding hydrogens is 364 g/mol. The van der Waals surface area contributed by atoms with Crippen LogP contribution in [0, 0.1) is 3.57 Å². The van der Waals surface area contributed by atoms with Gasteiger partial charge in [0, 0.05) is 9.86 Å². The third-order valence-electron chi connectivity index (χ3n) is 1.71. The maximum Gasteiger partial charge on any atom is 0.143 e. The Kier molecular flexibility index (Phi) is 2.76. The molecule has 0 bridgehead atoms. The average molecular weight is 368 g/mol. The number of halogens is 3. The van der Waals surface area contributed by atoms with Gasteiger partial charge >= 0.3 is 0 Å². The molecule has 1 aromatic carbocycles. The molecule has 0 saturated heterocycles. The molecule has 0 amide bonds. The van der Waals surface area contributed by atoms with Gasteiger partial charge in [-0.25, -0.2) is 4.98 Å². The summed E-state index contributed by atoms with van der Waals surface area (Å²) in [4.78, 5) is 4.29. The molecule has 1 aromatic heterocycles. The van der Waals surface area contributed by atoms with Crippen LogP contribution < -0.4 is 0 Å². The van der Waals surface area contributed by atoms with Gasteiger partial charge < -0.3 is 0 Å². The Morgan fingerprint density at radius 3 is 2.92 bits per heavy atom. The summed E-state index contributed by atoms with van der Waals surface area (Å²) in [6.45, 7) is 0. The molecule has 0 radical (unpaired) electrons. The van der Waals surface area contributed by atoms with E-state index in [-0.39, 0.29) is 0 Å². The third kappa shape index (κ3) is 1.82. The molecule has 0 atom stereocenters. The van der Waals surface area contributed by atoms with Crippen molar-refractivity contribution in [1.82, 2.24) is 4.98 Å². The minimum atomic E-state index is 0.556. The first kappa shape index (κ1) is 9.68. The zero-order chi connectivity index (χ0) is 9.42. The normalized spacial score (nSPS) is 10.7. The molecule has 0 N–H and O–H groups in total. The van der Waals surface area contributed by atoms with Crippen LogP contribution in [0.3, 0.4) is 0 Å². The minimum absolute atomic E-state index is 0.556. The van der Waals surface area contributed by atoms with Gasteiger partial charge in [0.1, 0.15) is 5.15 Å². The molecule has 0 aliphatic heterocycles. The van der Waals surface area contributed by atoms with E-state index in [4.69, 9.17) is 11.6 Å². The molecule has 1 nitrogen and oxygen atoms in total. The summed E-state index contributed by atoms with van der Waals surface area (Å²) >= 11 is 11.5. The van der Waals surface area contributed by atoms with Crippen LogP contribution in [0.15, 0.2) is 28.7 Å². The quantitative estimate of drug-likeness (QED) is 0.500. The summed E-state index contributed by atoms with van der Waals surface area (Å²) in [5.41, 5.74) is 0.910. The topological polar surface area (TPSA) is 12.9 Å². The van der Waals surface area contributed by atoms with E-state index in [1.54, 1.807) is 0 Å². The van der Waals surface area contributed by atoms with Gasteiger partial charge in [0.25, 0.3) is 0 Å². The van der Waals surface area contributed by atoms with Crippen LogP contribution in [0.4, 0.5) is 0 Å². The zero-order valence-electron chi connectivity index (χ0n) is 6.39. The Morgan fingerprint density at radius 2 is 2.15 bits per heavy atom. The highest BCUT2D eigenvalue weighted by molar-refractivity contribution is 14.1. The van der Waals surface area contributed by atoms with Crippen LogP contribution in [0.2, 0.25) is 5.15 Å². The second-order valence-corrected chi connectivity index (χ2v) is 4.95. The molecule has 0 spiro atoms. The SMILES string of the molecule is Clc1nc2c(Br)cccc2cc1I. The van der Waals surface area contributed by atoms with E-state index >= 15 is 0 Å². The first-order valence-electron chi connectivity index (χ1n) is 3.59. The number of hydrogen-bond donors (Lipinski definition) is 0. The maximum absolute atomic E-state index is 5.92. The van der Waals surface area contributed by atoms with Crippen molar-refractivity contribution >= 4 is 61.0 Å². The predicted molar refractivity (Wildman–Crippen MR) is 67.2 cm³/mol. The van der Waals surface area contributed by atoms with Gasteiger partial charge in [-0.2, -0.15) is 0 Å². The first-order chi connectivity index (χ1) is 6.18. The van der Waals surface area contributed by atoms with E-state index in [0.717, 1.165) is 18.9 Å². The van der Waals surface area contributed by atoms with E-state index < -0.39 is 0 Å². The predicted octanol–water partition coefficient (Wildman–Crippen LogP) is 4.26. The number of para-hydroxylation sites is 1. The molecule has 2 aromatic rings. The van der Waals surface area contributed by atoms with Crippen molar-refractivity contribution in [2.45, 2.75) is 0 Å². The third-order valence-corrected chi connectivity index (χ3v) is 3.78. The van der Waals surface area contributed by atoms with Crippen LogP contribution in [-0.2, 0) is 0 Å². The molecule has 66 valence electrons. The fourth-order valence-corrected chi connectivity index (χ4v) is 2.18. The molecule has 0 unspecified atom stereocenters. The van der Waals surface area contributed by atoms with Gasteiger partial charge in [0.05, 0.1) is 9.09 Å². The second-order valence-electron chi connectivity index (χ2n) is 2.57. The van der Waals surface area contributed by atoms with Gasteiger partial charge in [0.2, 0.25) is 0 Å². The number of rotatable bonds is 0. The zero-order valence-corrected chi connectivity index (χ0v) is 10.9. The monoisotopic (exact) mass is 367 g/mol. The van der Waals surface area contributed by atoms with E-state index in [1.165, 1.54) is 0 Å². The molecule has 2 rings (SSSR count). The largest absolute Gasteiger partial charge is 0.234 e. The van der Waals surface area contributed by atoms with Crippen molar-refractivity contribution in [3.63, 3.8) is 0 Å². The lowest BCUT2D eigenvalue weighted by atomic mass is 10.2. The van der Waals surface area contributed by atoms with Crippen LogP contribution in [0.25, 0.3) is 10.9 Å². The second kappa shape index (κ2) is 3.71. The molecule has 0 fully saturated rings. The summed E-state index contributed by atoms with van der Waals surface area (Å²) < 4.78 is 1.95. The molecule has 0 saturated carbocycles. The Morgan fingerprint density at radius 1 is 1.38 bits per heavy atom. The van der Waals surface area contributed by atoms with Crippen LogP contribution in [0.5, 0.6) is 0 Å². The molecule has 1 heterocycles. The average Bonchev–Trinajstić information content (AvgIpc) is 2.09. The van der Waals surface area contributed by atoms with Crippen LogP contribution >= 0.6 is 50.1 Å². The number of pyridine rings is 1. The molecule has 4 heteroatoms. The number of hydrogen-bond acceptors (Lipinski definition) is 1. The molecular formula is C9H4BrClIN. The van der Waals surface area contributed by atoms with E-state index in [9.17, 15) is 0 Å². The maximum atomic E-state index is 5.92. The summed E-state index contributed by atoms with van der Waals surface area (Å²) in [6.07, 6.45) is 0. The van der Waals surface area contributed by atoms with Crippen molar-refractivity contribution in [2.75, 3.05) is 0 Å². The van der Waals surface area contributed by atoms with Crippen molar-refractivity contribution in [3.8, 4) is 0 Å². The lowest BCUT2D eigenvalue weighted by molar-refractivity contribution is 1.38. The summed E-state index contributed by atoms with van der Waals surface area (Å²) in [5.74, 6) is 0. The highest BCUT2D eigenvalue weighted by atomic mass is 127. The lowest BCUT2D eigenvalue weighted by Gasteiger charge is -2.01. The summed E-state index contributed by atoms with van der Waals surface area (Å²) in [6, 6.07) is 7.98. The minimum Gasteiger partial charge on any atom is -0.234 e. The molecule has 0 aliphatic rings. The van der Waals surface area contributed by atoms with Crippen LogP contribution in [0.1, 0.15) is 0 Å². The highest BCUT2D eigenvalue weighted by Gasteiger charge is 2.03. The van der Waals surface area contributed by atoms with Crippen molar-refractivity contribution in [1.29, 1.82) is 0 Å². The van der Waals surface area contributed by atoms with Gasteiger partial charge in [-0.3, -0.25) is 0 Å². The van der Waals surface area contributed by atoms with Crippen molar-refractivity contribution < 1.29 is 0 Å². The molecule has 13 heavy (non-hydrogen) atoms. The Labute approximate surface area is 103 Å². The van der Waals surface area contributed by atoms with Gasteiger partial charge in [-0.1, -0.05) is 23.7 Å². The van der Waals surface area contributed by atoms with Crippen molar-refractivity contribution in [2.24, 2.45) is 0 Å². The van der Waals surface area contributed by atoms with Gasteiger partial charge in [-0.15, -0.1) is 0 Å². The molecule has 0 aliphatic carbocycles. The van der Waals surface area contributed by atoms with Gasteiger partial charge in [-0.05, 0) is 50.7 Å². The number of benzene rings is 1. The number of nitrogens with zero attached hydrogens (tertiary/aromatic N) is 1. The standard InChI is InChI=1S/C9H4BrClIN/c10-6-3-1-2-5-4-7(12)9(11)13-8(5)6/h1-4H. The van der Waals surface area contributed by atoms with Gasteiger partial charge in [0.15, 0.2) is 0 Å².